The first-order valence-electron chi connectivity index (χ1n) is 7.12. The molecule has 3 N–H and O–H groups in total. The Morgan fingerprint density at radius 3 is 2.70 bits per heavy atom. The van der Waals surface area contributed by atoms with Crippen molar-refractivity contribution < 1.29 is 0 Å². The quantitative estimate of drug-likeness (QED) is 0.834. The van der Waals surface area contributed by atoms with Crippen LogP contribution in [0.1, 0.15) is 42.5 Å². The normalized spacial score (nSPS) is 16.7. The fraction of sp³-hybridized carbons (Fsp3) is 0.571. The minimum absolute atomic E-state index is 0.157. The van der Waals surface area contributed by atoms with E-state index in [0.29, 0.717) is 17.4 Å². The summed E-state index contributed by atoms with van der Waals surface area (Å²) in [5.41, 5.74) is 0.834. The van der Waals surface area contributed by atoms with E-state index in [1.54, 1.807) is 11.3 Å². The number of thiophene rings is 1. The molecule has 1 fully saturated rings. The molecular formula is C14H20N4OS. The SMILES string of the molecule is Cc1sc2nc(NC3CCCCC3)n(N)c(=O)c2c1C. The molecule has 0 aliphatic heterocycles. The van der Waals surface area contributed by atoms with Gasteiger partial charge in [0.2, 0.25) is 5.95 Å². The number of aryl methyl sites for hydroxylation is 2. The third kappa shape index (κ3) is 2.18. The molecule has 0 unspecified atom stereocenters. The topological polar surface area (TPSA) is 72.9 Å². The number of fused-ring (bicyclic) bond motifs is 1. The van der Waals surface area contributed by atoms with Crippen molar-refractivity contribution in [2.75, 3.05) is 11.2 Å². The van der Waals surface area contributed by atoms with Crippen molar-refractivity contribution in [2.24, 2.45) is 0 Å². The summed E-state index contributed by atoms with van der Waals surface area (Å²) in [6, 6.07) is 0.380. The second-order valence-electron chi connectivity index (χ2n) is 5.55. The summed E-state index contributed by atoms with van der Waals surface area (Å²) in [6.45, 7) is 3.96. The van der Waals surface area contributed by atoms with E-state index in [4.69, 9.17) is 5.84 Å². The predicted molar refractivity (Wildman–Crippen MR) is 84.0 cm³/mol. The zero-order valence-corrected chi connectivity index (χ0v) is 12.7. The lowest BCUT2D eigenvalue weighted by atomic mass is 9.96. The number of rotatable bonds is 2. The largest absolute Gasteiger partial charge is 0.351 e. The number of nitrogens with zero attached hydrogens (tertiary/aromatic N) is 2. The van der Waals surface area contributed by atoms with Crippen molar-refractivity contribution in [1.29, 1.82) is 0 Å². The summed E-state index contributed by atoms with van der Waals surface area (Å²) >= 11 is 1.56. The fourth-order valence-corrected chi connectivity index (χ4v) is 3.86. The van der Waals surface area contributed by atoms with Gasteiger partial charge in [-0.3, -0.25) is 4.79 Å². The van der Waals surface area contributed by atoms with Crippen molar-refractivity contribution in [3.05, 3.63) is 20.8 Å². The lowest BCUT2D eigenvalue weighted by Gasteiger charge is -2.23. The van der Waals surface area contributed by atoms with Gasteiger partial charge in [-0.25, -0.2) is 4.98 Å². The molecule has 3 rings (SSSR count). The number of hydrogen-bond donors (Lipinski definition) is 2. The minimum Gasteiger partial charge on any atom is -0.351 e. The number of nitrogen functional groups attached to an aromatic ring is 1. The smallest absolute Gasteiger partial charge is 0.282 e. The van der Waals surface area contributed by atoms with E-state index in [-0.39, 0.29) is 5.56 Å². The highest BCUT2D eigenvalue weighted by atomic mass is 32.1. The van der Waals surface area contributed by atoms with Gasteiger partial charge in [0.1, 0.15) is 4.83 Å². The number of nitrogens with one attached hydrogen (secondary N) is 1. The van der Waals surface area contributed by atoms with Gasteiger partial charge in [0.25, 0.3) is 5.56 Å². The standard InChI is InChI=1S/C14H20N4OS/c1-8-9(2)20-12-11(8)13(19)18(15)14(17-12)16-10-6-4-3-5-7-10/h10H,3-7,15H2,1-2H3,(H,16,17). The van der Waals surface area contributed by atoms with Gasteiger partial charge in [0.05, 0.1) is 5.39 Å². The minimum atomic E-state index is -0.157. The van der Waals surface area contributed by atoms with Gasteiger partial charge in [0, 0.05) is 10.9 Å². The van der Waals surface area contributed by atoms with Crippen LogP contribution < -0.4 is 16.7 Å². The van der Waals surface area contributed by atoms with Crippen LogP contribution in [0.2, 0.25) is 0 Å². The highest BCUT2D eigenvalue weighted by Crippen LogP contribution is 2.27. The van der Waals surface area contributed by atoms with Gasteiger partial charge in [-0.1, -0.05) is 19.3 Å². The van der Waals surface area contributed by atoms with E-state index < -0.39 is 0 Å². The maximum Gasteiger partial charge on any atom is 0.282 e. The summed E-state index contributed by atoms with van der Waals surface area (Å²) in [6.07, 6.45) is 5.99. The Labute approximate surface area is 121 Å². The number of anilines is 1. The van der Waals surface area contributed by atoms with Gasteiger partial charge >= 0.3 is 0 Å². The van der Waals surface area contributed by atoms with Crippen molar-refractivity contribution in [1.82, 2.24) is 9.66 Å². The summed E-state index contributed by atoms with van der Waals surface area (Å²) in [5, 5.41) is 4.00. The highest BCUT2D eigenvalue weighted by Gasteiger charge is 2.18. The summed E-state index contributed by atoms with van der Waals surface area (Å²) in [4.78, 5) is 18.9. The first-order chi connectivity index (χ1) is 9.58. The molecule has 1 aliphatic rings. The molecule has 108 valence electrons. The molecule has 2 aromatic heterocycles. The molecule has 0 radical (unpaired) electrons. The van der Waals surface area contributed by atoms with E-state index in [1.807, 2.05) is 13.8 Å². The molecule has 0 saturated heterocycles. The second-order valence-corrected chi connectivity index (χ2v) is 6.76. The molecule has 0 bridgehead atoms. The molecular weight excluding hydrogens is 272 g/mol. The van der Waals surface area contributed by atoms with Crippen LogP contribution in [0.3, 0.4) is 0 Å². The van der Waals surface area contributed by atoms with E-state index in [9.17, 15) is 4.79 Å². The van der Waals surface area contributed by atoms with Crippen LogP contribution in [0.5, 0.6) is 0 Å². The lowest BCUT2D eigenvalue weighted by Crippen LogP contribution is -2.34. The van der Waals surface area contributed by atoms with Crippen molar-refractivity contribution in [3.8, 4) is 0 Å². The Balaban J connectivity index is 2.03. The van der Waals surface area contributed by atoms with Gasteiger partial charge in [-0.2, -0.15) is 4.68 Å². The number of nitrogens with two attached hydrogens (primary N) is 1. The molecule has 0 atom stereocenters. The third-order valence-corrected chi connectivity index (χ3v) is 5.27. The van der Waals surface area contributed by atoms with Crippen LogP contribution >= 0.6 is 11.3 Å². The van der Waals surface area contributed by atoms with Crippen molar-refractivity contribution in [3.63, 3.8) is 0 Å². The summed E-state index contributed by atoms with van der Waals surface area (Å²) in [5.74, 6) is 6.42. The molecule has 1 saturated carbocycles. The summed E-state index contributed by atoms with van der Waals surface area (Å²) in [7, 11) is 0. The van der Waals surface area contributed by atoms with Crippen LogP contribution in [0.4, 0.5) is 5.95 Å². The van der Waals surface area contributed by atoms with E-state index in [2.05, 4.69) is 10.3 Å². The third-order valence-electron chi connectivity index (χ3n) is 4.17. The maximum absolute atomic E-state index is 12.4. The van der Waals surface area contributed by atoms with Crippen LogP contribution in [-0.4, -0.2) is 15.7 Å². The molecule has 6 heteroatoms. The maximum atomic E-state index is 12.4. The molecule has 0 amide bonds. The average molecular weight is 292 g/mol. The Bertz CT molecular complexity index is 697. The Kier molecular flexibility index (Phi) is 3.41. The van der Waals surface area contributed by atoms with Gasteiger partial charge < -0.3 is 11.2 Å². The molecule has 0 spiro atoms. The van der Waals surface area contributed by atoms with Crippen LogP contribution in [0.15, 0.2) is 4.79 Å². The zero-order valence-electron chi connectivity index (χ0n) is 11.9. The number of hydrogen-bond acceptors (Lipinski definition) is 5. The summed E-state index contributed by atoms with van der Waals surface area (Å²) < 4.78 is 1.16. The fourth-order valence-electron chi connectivity index (χ4n) is 2.84. The molecule has 1 aliphatic carbocycles. The second kappa shape index (κ2) is 5.09. The predicted octanol–water partition coefficient (Wildman–Crippen LogP) is 2.53. The van der Waals surface area contributed by atoms with Gasteiger partial charge in [0.15, 0.2) is 0 Å². The Morgan fingerprint density at radius 1 is 1.30 bits per heavy atom. The van der Waals surface area contributed by atoms with E-state index in [0.717, 1.165) is 32.8 Å². The lowest BCUT2D eigenvalue weighted by molar-refractivity contribution is 0.459. The molecule has 0 aromatic carbocycles. The van der Waals surface area contributed by atoms with Crippen LogP contribution in [-0.2, 0) is 0 Å². The number of aromatic nitrogens is 2. The highest BCUT2D eigenvalue weighted by molar-refractivity contribution is 7.18. The van der Waals surface area contributed by atoms with Crippen molar-refractivity contribution >= 4 is 27.5 Å². The molecule has 2 aromatic rings. The first kappa shape index (κ1) is 13.4. The van der Waals surface area contributed by atoms with Crippen LogP contribution in [0.25, 0.3) is 10.2 Å². The molecule has 20 heavy (non-hydrogen) atoms. The average Bonchev–Trinajstić information content (AvgIpc) is 2.72. The first-order valence-corrected chi connectivity index (χ1v) is 7.94. The van der Waals surface area contributed by atoms with Gasteiger partial charge in [-0.15, -0.1) is 11.3 Å². The van der Waals surface area contributed by atoms with E-state index in [1.165, 1.54) is 19.3 Å². The molecule has 2 heterocycles. The van der Waals surface area contributed by atoms with Crippen molar-refractivity contribution in [2.45, 2.75) is 52.0 Å². The van der Waals surface area contributed by atoms with Crippen LogP contribution in [0, 0.1) is 13.8 Å². The monoisotopic (exact) mass is 292 g/mol. The Hall–Kier alpha value is -1.56. The zero-order chi connectivity index (χ0) is 14.3. The molecule has 5 nitrogen and oxygen atoms in total. The Morgan fingerprint density at radius 2 is 2.00 bits per heavy atom. The van der Waals surface area contributed by atoms with Gasteiger partial charge in [-0.05, 0) is 32.3 Å². The van der Waals surface area contributed by atoms with E-state index >= 15 is 0 Å².